The number of amides is 2. The summed E-state index contributed by atoms with van der Waals surface area (Å²) in [7, 11) is 1.39. The van der Waals surface area contributed by atoms with Crippen molar-refractivity contribution in [3.05, 3.63) is 104 Å². The van der Waals surface area contributed by atoms with E-state index in [0.717, 1.165) is 16.2 Å². The molecular formula is C26H24FN5O6. The van der Waals surface area contributed by atoms with E-state index >= 15 is 0 Å². The highest BCUT2D eigenvalue weighted by Gasteiger charge is 2.22. The zero-order chi connectivity index (χ0) is 27.4. The maximum Gasteiger partial charge on any atom is 0.329 e. The van der Waals surface area contributed by atoms with E-state index in [1.54, 1.807) is 24.3 Å². The van der Waals surface area contributed by atoms with Gasteiger partial charge >= 0.3 is 5.69 Å². The van der Waals surface area contributed by atoms with Crippen LogP contribution < -0.4 is 16.2 Å². The molecule has 2 amide bonds. The largest absolute Gasteiger partial charge is 0.496 e. The number of halogens is 1. The number of primary amides is 1. The number of ether oxygens (including phenoxy) is 1. The SMILES string of the molecule is COc1ccc([N+](=O)[O-])cc1Cn1c(=O)n(CC(=O)N(CC(N)=O)Cc2ccccc2)c2cc(F)ccc21. The van der Waals surface area contributed by atoms with Gasteiger partial charge in [0.25, 0.3) is 5.69 Å². The Morgan fingerprint density at radius 1 is 1.05 bits per heavy atom. The highest BCUT2D eigenvalue weighted by molar-refractivity contribution is 5.85. The topological polar surface area (TPSA) is 143 Å². The fourth-order valence-corrected chi connectivity index (χ4v) is 4.23. The first-order valence-corrected chi connectivity index (χ1v) is 11.5. The average molecular weight is 522 g/mol. The Bertz CT molecular complexity index is 1580. The molecule has 0 saturated heterocycles. The first-order chi connectivity index (χ1) is 18.2. The number of non-ortho nitro benzene ring substituents is 1. The molecule has 1 heterocycles. The molecule has 196 valence electrons. The molecule has 4 aromatic rings. The molecular weight excluding hydrogens is 497 g/mol. The third kappa shape index (κ3) is 5.53. The summed E-state index contributed by atoms with van der Waals surface area (Å²) in [4.78, 5) is 50.4. The molecule has 38 heavy (non-hydrogen) atoms. The van der Waals surface area contributed by atoms with Crippen LogP contribution in [0.4, 0.5) is 10.1 Å². The van der Waals surface area contributed by atoms with Gasteiger partial charge < -0.3 is 15.4 Å². The maximum atomic E-state index is 14.2. The van der Waals surface area contributed by atoms with Gasteiger partial charge in [-0.15, -0.1) is 0 Å². The predicted octanol–water partition coefficient (Wildman–Crippen LogP) is 2.42. The number of fused-ring (bicyclic) bond motifs is 1. The number of carbonyl (C=O) groups is 2. The average Bonchev–Trinajstić information content (AvgIpc) is 3.13. The summed E-state index contributed by atoms with van der Waals surface area (Å²) in [6, 6.07) is 16.6. The molecule has 0 aliphatic heterocycles. The number of hydrogen-bond acceptors (Lipinski definition) is 6. The van der Waals surface area contributed by atoms with Crippen LogP contribution >= 0.6 is 0 Å². The molecule has 1 aromatic heterocycles. The highest BCUT2D eigenvalue weighted by atomic mass is 19.1. The molecule has 0 aliphatic rings. The highest BCUT2D eigenvalue weighted by Crippen LogP contribution is 2.26. The molecule has 12 heteroatoms. The Hall–Kier alpha value is -5.00. The van der Waals surface area contributed by atoms with E-state index in [1.807, 2.05) is 6.07 Å². The van der Waals surface area contributed by atoms with Gasteiger partial charge in [-0.3, -0.25) is 28.8 Å². The van der Waals surface area contributed by atoms with Crippen LogP contribution in [0.3, 0.4) is 0 Å². The van der Waals surface area contributed by atoms with Gasteiger partial charge in [0, 0.05) is 24.2 Å². The Kier molecular flexibility index (Phi) is 7.51. The molecule has 0 atom stereocenters. The van der Waals surface area contributed by atoms with Gasteiger partial charge in [-0.1, -0.05) is 30.3 Å². The fourth-order valence-electron chi connectivity index (χ4n) is 4.23. The Morgan fingerprint density at radius 2 is 1.79 bits per heavy atom. The van der Waals surface area contributed by atoms with Crippen LogP contribution in [0.25, 0.3) is 11.0 Å². The minimum absolute atomic E-state index is 0.0786. The van der Waals surface area contributed by atoms with Crippen molar-refractivity contribution in [3.63, 3.8) is 0 Å². The van der Waals surface area contributed by atoms with E-state index in [4.69, 9.17) is 10.5 Å². The van der Waals surface area contributed by atoms with E-state index in [2.05, 4.69) is 0 Å². The van der Waals surface area contributed by atoms with Gasteiger partial charge in [-0.2, -0.15) is 0 Å². The first kappa shape index (κ1) is 26.1. The Morgan fingerprint density at radius 3 is 2.45 bits per heavy atom. The summed E-state index contributed by atoms with van der Waals surface area (Å²) in [6.07, 6.45) is 0. The second-order valence-electron chi connectivity index (χ2n) is 8.54. The fraction of sp³-hybridized carbons (Fsp3) is 0.192. The molecule has 4 rings (SSSR count). The lowest BCUT2D eigenvalue weighted by Crippen LogP contribution is -2.41. The van der Waals surface area contributed by atoms with E-state index < -0.39 is 34.8 Å². The number of nitrogens with two attached hydrogens (primary N) is 1. The van der Waals surface area contributed by atoms with Crippen LogP contribution in [0.1, 0.15) is 11.1 Å². The lowest BCUT2D eigenvalue weighted by molar-refractivity contribution is -0.384. The summed E-state index contributed by atoms with van der Waals surface area (Å²) >= 11 is 0. The lowest BCUT2D eigenvalue weighted by Gasteiger charge is -2.21. The number of methoxy groups -OCH3 is 1. The zero-order valence-electron chi connectivity index (χ0n) is 20.4. The molecule has 0 spiro atoms. The summed E-state index contributed by atoms with van der Waals surface area (Å²) in [5, 5.41) is 11.3. The minimum atomic E-state index is -0.729. The van der Waals surface area contributed by atoms with E-state index in [-0.39, 0.29) is 30.8 Å². The third-order valence-electron chi connectivity index (χ3n) is 5.99. The molecule has 3 aromatic carbocycles. The van der Waals surface area contributed by atoms with Crippen LogP contribution in [0, 0.1) is 15.9 Å². The summed E-state index contributed by atoms with van der Waals surface area (Å²) in [6.45, 7) is -0.921. The molecule has 0 fully saturated rings. The molecule has 0 bridgehead atoms. The number of nitrogens with zero attached hydrogens (tertiary/aromatic N) is 4. The summed E-state index contributed by atoms with van der Waals surface area (Å²) in [5.41, 5.74) is 6.06. The number of benzene rings is 3. The van der Waals surface area contributed by atoms with Gasteiger partial charge in [-0.25, -0.2) is 9.18 Å². The van der Waals surface area contributed by atoms with Crippen molar-refractivity contribution in [1.82, 2.24) is 14.0 Å². The number of nitro groups is 1. The van der Waals surface area contributed by atoms with Crippen LogP contribution in [-0.4, -0.2) is 44.4 Å². The van der Waals surface area contributed by atoms with Crippen molar-refractivity contribution < 1.29 is 23.6 Å². The van der Waals surface area contributed by atoms with Gasteiger partial charge in [0.1, 0.15) is 18.1 Å². The van der Waals surface area contributed by atoms with E-state index in [9.17, 15) is 28.9 Å². The summed E-state index contributed by atoms with van der Waals surface area (Å²) < 4.78 is 21.9. The van der Waals surface area contributed by atoms with Crippen LogP contribution in [0.2, 0.25) is 0 Å². The quantitative estimate of drug-likeness (QED) is 0.251. The minimum Gasteiger partial charge on any atom is -0.496 e. The van der Waals surface area contributed by atoms with Crippen LogP contribution in [0.5, 0.6) is 5.75 Å². The normalized spacial score (nSPS) is 10.9. The molecule has 11 nitrogen and oxygen atoms in total. The number of rotatable bonds is 10. The van der Waals surface area contributed by atoms with Gasteiger partial charge in [0.2, 0.25) is 11.8 Å². The lowest BCUT2D eigenvalue weighted by atomic mass is 10.1. The zero-order valence-corrected chi connectivity index (χ0v) is 20.4. The van der Waals surface area contributed by atoms with E-state index in [0.29, 0.717) is 16.8 Å². The van der Waals surface area contributed by atoms with Crippen LogP contribution in [0.15, 0.2) is 71.5 Å². The molecule has 2 N–H and O–H groups in total. The Balaban J connectivity index is 1.75. The smallest absolute Gasteiger partial charge is 0.329 e. The standard InChI is InChI=1S/C26H24FN5O6/c1-38-23-10-8-20(32(36)37)11-18(23)14-30-21-9-7-19(27)12-22(21)31(26(30)35)16-25(34)29(15-24(28)33)13-17-5-3-2-4-6-17/h2-12H,13-16H2,1H3,(H2,28,33). The van der Waals surface area contributed by atoms with Crippen molar-refractivity contribution in [1.29, 1.82) is 0 Å². The van der Waals surface area contributed by atoms with Crippen LogP contribution in [-0.2, 0) is 29.2 Å². The van der Waals surface area contributed by atoms with Crippen molar-refractivity contribution in [2.45, 2.75) is 19.6 Å². The monoisotopic (exact) mass is 521 g/mol. The maximum absolute atomic E-state index is 14.2. The molecule has 0 saturated carbocycles. The number of hydrogen-bond donors (Lipinski definition) is 1. The van der Waals surface area contributed by atoms with Gasteiger partial charge in [0.15, 0.2) is 0 Å². The number of imidazole rings is 1. The summed E-state index contributed by atoms with van der Waals surface area (Å²) in [5.74, 6) is -1.61. The molecule has 0 aliphatic carbocycles. The second kappa shape index (κ2) is 10.9. The third-order valence-corrected chi connectivity index (χ3v) is 5.99. The van der Waals surface area contributed by atoms with Crippen molar-refractivity contribution >= 4 is 28.5 Å². The van der Waals surface area contributed by atoms with Gasteiger partial charge in [-0.05, 0) is 29.8 Å². The number of nitro benzene ring substituents is 1. The van der Waals surface area contributed by atoms with Crippen molar-refractivity contribution in [2.24, 2.45) is 5.73 Å². The predicted molar refractivity (Wildman–Crippen MR) is 136 cm³/mol. The Labute approximate surface area is 215 Å². The van der Waals surface area contributed by atoms with E-state index in [1.165, 1.54) is 46.9 Å². The molecule has 0 radical (unpaired) electrons. The van der Waals surface area contributed by atoms with Crippen molar-refractivity contribution in [3.8, 4) is 5.75 Å². The first-order valence-electron chi connectivity index (χ1n) is 11.5. The molecule has 0 unspecified atom stereocenters. The number of carbonyl (C=O) groups excluding carboxylic acids is 2. The van der Waals surface area contributed by atoms with Crippen molar-refractivity contribution in [2.75, 3.05) is 13.7 Å². The second-order valence-corrected chi connectivity index (χ2v) is 8.54. The number of aromatic nitrogens is 2. The van der Waals surface area contributed by atoms with Gasteiger partial charge in [0.05, 0.1) is 36.2 Å².